The fourth-order valence-electron chi connectivity index (χ4n) is 7.56. The number of aromatic nitrogens is 1. The number of carbonyl (C=O) groups excluding carboxylic acids is 1. The van der Waals surface area contributed by atoms with Crippen molar-refractivity contribution >= 4 is 6.09 Å². The molecule has 7 rings (SSSR count). The fraction of sp³-hybridized carbons (Fsp3) is 0.500. The molecule has 2 saturated heterocycles. The molecule has 1 amide bonds. The SMILES string of the molecule is Cc1ccc2c3c1O[C@H]1[C@@H](OC(=O)N4CCC[C@H]4c4cccnc4)C=C[C@H]4[C@H](C2)N(C)CC[C@@]341. The summed E-state index contributed by atoms with van der Waals surface area (Å²) in [5.74, 6) is 1.42. The summed E-state index contributed by atoms with van der Waals surface area (Å²) in [7, 11) is 2.24. The quantitative estimate of drug-likeness (QED) is 0.634. The number of piperidine rings is 1. The lowest BCUT2D eigenvalue weighted by molar-refractivity contribution is -0.0553. The van der Waals surface area contributed by atoms with Gasteiger partial charge in [0.05, 0.1) is 6.04 Å². The Kier molecular flexibility index (Phi) is 4.41. The third-order valence-electron chi connectivity index (χ3n) is 9.14. The molecular formula is C28H31N3O3. The van der Waals surface area contributed by atoms with Crippen LogP contribution in [0.3, 0.4) is 0 Å². The molecule has 3 aliphatic heterocycles. The number of likely N-dealkylation sites (tertiary alicyclic amines) is 2. The third kappa shape index (κ3) is 2.66. The van der Waals surface area contributed by atoms with Crippen LogP contribution in [0, 0.1) is 12.8 Å². The van der Waals surface area contributed by atoms with E-state index in [4.69, 9.17) is 9.47 Å². The lowest BCUT2D eigenvalue weighted by atomic mass is 9.53. The molecule has 4 heterocycles. The van der Waals surface area contributed by atoms with Crippen LogP contribution >= 0.6 is 0 Å². The summed E-state index contributed by atoms with van der Waals surface area (Å²) < 4.78 is 13.0. The maximum Gasteiger partial charge on any atom is 0.411 e. The molecule has 2 aliphatic carbocycles. The molecule has 6 atom stereocenters. The first-order valence-corrected chi connectivity index (χ1v) is 12.6. The van der Waals surface area contributed by atoms with Gasteiger partial charge in [0.25, 0.3) is 0 Å². The first-order valence-electron chi connectivity index (χ1n) is 12.6. The van der Waals surface area contributed by atoms with E-state index in [2.05, 4.69) is 54.2 Å². The lowest BCUT2D eigenvalue weighted by Gasteiger charge is -2.56. The minimum Gasteiger partial charge on any atom is -0.485 e. The number of ether oxygens (including phenoxy) is 2. The Balaban J connectivity index is 1.23. The number of benzene rings is 1. The number of nitrogens with zero attached hydrogens (tertiary/aromatic N) is 3. The van der Waals surface area contributed by atoms with Gasteiger partial charge in [-0.05, 0) is 75.0 Å². The molecule has 34 heavy (non-hydrogen) atoms. The molecule has 1 aromatic carbocycles. The van der Waals surface area contributed by atoms with Gasteiger partial charge in [0.1, 0.15) is 11.9 Å². The number of amides is 1. The molecule has 0 saturated carbocycles. The molecule has 1 spiro atoms. The zero-order valence-corrected chi connectivity index (χ0v) is 19.8. The molecule has 5 aliphatic rings. The van der Waals surface area contributed by atoms with Crippen LogP contribution in [-0.4, -0.2) is 59.3 Å². The van der Waals surface area contributed by atoms with Crippen molar-refractivity contribution in [2.45, 2.75) is 62.3 Å². The van der Waals surface area contributed by atoms with Crippen LogP contribution in [0.2, 0.25) is 0 Å². The van der Waals surface area contributed by atoms with Crippen LogP contribution in [-0.2, 0) is 16.6 Å². The van der Waals surface area contributed by atoms with Crippen molar-refractivity contribution in [1.29, 1.82) is 0 Å². The summed E-state index contributed by atoms with van der Waals surface area (Å²) in [6.07, 6.45) is 11.3. The first kappa shape index (κ1) is 20.5. The second-order valence-electron chi connectivity index (χ2n) is 10.7. The highest BCUT2D eigenvalue weighted by molar-refractivity contribution is 5.70. The van der Waals surface area contributed by atoms with Crippen LogP contribution in [0.25, 0.3) is 0 Å². The van der Waals surface area contributed by atoms with Crippen molar-refractivity contribution in [2.24, 2.45) is 5.92 Å². The van der Waals surface area contributed by atoms with Gasteiger partial charge in [-0.1, -0.05) is 24.3 Å². The number of carbonyl (C=O) groups is 1. The predicted molar refractivity (Wildman–Crippen MR) is 128 cm³/mol. The molecule has 1 aromatic heterocycles. The van der Waals surface area contributed by atoms with E-state index in [0.717, 1.165) is 43.5 Å². The average molecular weight is 458 g/mol. The Hall–Kier alpha value is -2.86. The van der Waals surface area contributed by atoms with Gasteiger partial charge in [-0.15, -0.1) is 0 Å². The maximum absolute atomic E-state index is 13.5. The number of likely N-dealkylation sites (N-methyl/N-ethyl adjacent to an activating group) is 1. The van der Waals surface area contributed by atoms with E-state index >= 15 is 0 Å². The van der Waals surface area contributed by atoms with Gasteiger partial charge in [-0.25, -0.2) is 4.79 Å². The van der Waals surface area contributed by atoms with E-state index < -0.39 is 0 Å². The second kappa shape index (κ2) is 7.32. The minimum atomic E-state index is -0.388. The Morgan fingerprint density at radius 2 is 2.15 bits per heavy atom. The van der Waals surface area contributed by atoms with Gasteiger partial charge < -0.3 is 19.3 Å². The Morgan fingerprint density at radius 1 is 1.24 bits per heavy atom. The predicted octanol–water partition coefficient (Wildman–Crippen LogP) is 4.18. The minimum absolute atomic E-state index is 0.0256. The molecule has 2 fully saturated rings. The van der Waals surface area contributed by atoms with E-state index in [0.29, 0.717) is 18.5 Å². The molecule has 0 unspecified atom stereocenters. The molecule has 2 bridgehead atoms. The molecule has 0 N–H and O–H groups in total. The van der Waals surface area contributed by atoms with Gasteiger partial charge in [0.15, 0.2) is 6.10 Å². The maximum atomic E-state index is 13.5. The number of pyridine rings is 1. The standard InChI is InChI=1S/C28H31N3O3/c1-17-7-8-18-15-22-20-9-10-23(26-28(20,11-14-30(22)2)24(18)25(17)34-26)33-27(32)31-13-4-6-21(31)19-5-3-12-29-16-19/h3,5,7-10,12,16,20-23,26H,4,6,11,13-15H2,1-2H3/t20-,21-,22-,23-,26-,28-/m0/s1. The summed E-state index contributed by atoms with van der Waals surface area (Å²) in [6.45, 7) is 3.89. The molecule has 6 nitrogen and oxygen atoms in total. The van der Waals surface area contributed by atoms with Gasteiger partial charge in [-0.2, -0.15) is 0 Å². The summed E-state index contributed by atoms with van der Waals surface area (Å²) in [6, 6.07) is 8.96. The van der Waals surface area contributed by atoms with Crippen molar-refractivity contribution in [1.82, 2.24) is 14.8 Å². The van der Waals surface area contributed by atoms with Gasteiger partial charge >= 0.3 is 6.09 Å². The highest BCUT2D eigenvalue weighted by Crippen LogP contribution is 2.61. The molecule has 176 valence electrons. The Bertz CT molecular complexity index is 1180. The molecule has 0 radical (unpaired) electrons. The lowest BCUT2D eigenvalue weighted by Crippen LogP contribution is -2.65. The summed E-state index contributed by atoms with van der Waals surface area (Å²) >= 11 is 0. The molecule has 2 aromatic rings. The average Bonchev–Trinajstić information content (AvgIpc) is 3.48. The van der Waals surface area contributed by atoms with Gasteiger partial charge in [0, 0.05) is 41.9 Å². The van der Waals surface area contributed by atoms with Crippen molar-refractivity contribution in [3.05, 3.63) is 71.1 Å². The fourth-order valence-corrected chi connectivity index (χ4v) is 7.56. The number of rotatable bonds is 2. The van der Waals surface area contributed by atoms with Crippen molar-refractivity contribution in [3.63, 3.8) is 0 Å². The highest BCUT2D eigenvalue weighted by Gasteiger charge is 2.64. The Labute approximate surface area is 200 Å². The highest BCUT2D eigenvalue weighted by atomic mass is 16.6. The number of hydrogen-bond donors (Lipinski definition) is 0. The van der Waals surface area contributed by atoms with Crippen LogP contribution < -0.4 is 4.74 Å². The first-order chi connectivity index (χ1) is 16.6. The number of hydrogen-bond acceptors (Lipinski definition) is 5. The third-order valence-corrected chi connectivity index (χ3v) is 9.14. The van der Waals surface area contributed by atoms with Crippen molar-refractivity contribution < 1.29 is 14.3 Å². The zero-order chi connectivity index (χ0) is 23.0. The van der Waals surface area contributed by atoms with E-state index in [1.807, 2.05) is 17.2 Å². The summed E-state index contributed by atoms with van der Waals surface area (Å²) in [5.41, 5.74) is 4.95. The number of aryl methyl sites for hydroxylation is 1. The smallest absolute Gasteiger partial charge is 0.411 e. The van der Waals surface area contributed by atoms with Gasteiger partial charge in [0.2, 0.25) is 0 Å². The summed E-state index contributed by atoms with van der Waals surface area (Å²) in [5, 5.41) is 0. The molecular weight excluding hydrogens is 426 g/mol. The monoisotopic (exact) mass is 457 g/mol. The van der Waals surface area contributed by atoms with Crippen molar-refractivity contribution in [3.8, 4) is 5.75 Å². The largest absolute Gasteiger partial charge is 0.485 e. The summed E-state index contributed by atoms with van der Waals surface area (Å²) in [4.78, 5) is 22.1. The molecule has 6 heteroatoms. The van der Waals surface area contributed by atoms with E-state index in [1.54, 1.807) is 6.20 Å². The van der Waals surface area contributed by atoms with E-state index in [-0.39, 0.29) is 29.8 Å². The zero-order valence-electron chi connectivity index (χ0n) is 19.8. The topological polar surface area (TPSA) is 54.9 Å². The van der Waals surface area contributed by atoms with Crippen molar-refractivity contribution in [2.75, 3.05) is 20.1 Å². The van der Waals surface area contributed by atoms with E-state index in [9.17, 15) is 4.79 Å². The van der Waals surface area contributed by atoms with Crippen LogP contribution in [0.5, 0.6) is 5.75 Å². The van der Waals surface area contributed by atoms with E-state index in [1.165, 1.54) is 16.7 Å². The van der Waals surface area contributed by atoms with Crippen LogP contribution in [0.1, 0.15) is 47.6 Å². The Morgan fingerprint density at radius 3 is 3.00 bits per heavy atom. The normalized spacial score (nSPS) is 35.1. The second-order valence-corrected chi connectivity index (χ2v) is 10.7. The van der Waals surface area contributed by atoms with Crippen LogP contribution in [0.15, 0.2) is 48.8 Å². The van der Waals surface area contributed by atoms with Crippen LogP contribution in [0.4, 0.5) is 4.79 Å². The van der Waals surface area contributed by atoms with Gasteiger partial charge in [-0.3, -0.25) is 4.98 Å².